The number of carbonyl (C=O) groups excluding carboxylic acids is 2. The molecule has 2 atom stereocenters. The number of ether oxygens (including phenoxy) is 1. The zero-order valence-electron chi connectivity index (χ0n) is 18.6. The fourth-order valence-electron chi connectivity index (χ4n) is 3.95. The van der Waals surface area contributed by atoms with Crippen LogP contribution in [0.1, 0.15) is 56.5 Å². The highest BCUT2D eigenvalue weighted by molar-refractivity contribution is 6.00. The number of fused-ring (bicyclic) bond motifs is 1. The molecule has 1 saturated heterocycles. The number of rotatable bonds is 4. The van der Waals surface area contributed by atoms with Crippen molar-refractivity contribution in [2.45, 2.75) is 65.1 Å². The number of piperidine rings is 1. The minimum atomic E-state index is -0.560. The first kappa shape index (κ1) is 21.6. The molecule has 1 aromatic rings. The van der Waals surface area contributed by atoms with E-state index >= 15 is 0 Å². The molecule has 0 saturated carbocycles. The Bertz CT molecular complexity index is 769. The average molecular weight is 402 g/mol. The molecule has 1 spiro atoms. The summed E-state index contributed by atoms with van der Waals surface area (Å²) in [6.07, 6.45) is 1.66. The molecule has 6 heteroatoms. The number of carbonyl (C=O) groups is 2. The molecule has 6 nitrogen and oxygen atoms in total. The van der Waals surface area contributed by atoms with Gasteiger partial charge in [0.15, 0.2) is 0 Å². The molecule has 0 aliphatic carbocycles. The number of nitrogens with one attached hydrogen (secondary N) is 1. The van der Waals surface area contributed by atoms with E-state index in [0.29, 0.717) is 23.8 Å². The summed E-state index contributed by atoms with van der Waals surface area (Å²) in [6.45, 7) is 12.2. The molecule has 2 heterocycles. The molecule has 2 aliphatic rings. The third kappa shape index (κ3) is 4.58. The molecule has 1 aromatic carbocycles. The Morgan fingerprint density at radius 3 is 2.45 bits per heavy atom. The standard InChI is InChI=1S/C23H35N3O3/c1-15(2)17(4)24-21(27)18(5)26-14-23(9-11-25(6)12-10-23)29-20-8-7-16(3)13-19(20)22(26)28/h7-8,13,15,17-18H,9-12,14H2,1-6H3,(H,24,27)/t17-,18+/m1/s1. The third-order valence-corrected chi connectivity index (χ3v) is 6.53. The van der Waals surface area contributed by atoms with E-state index in [2.05, 4.69) is 31.1 Å². The van der Waals surface area contributed by atoms with E-state index in [4.69, 9.17) is 4.74 Å². The maximum absolute atomic E-state index is 13.5. The van der Waals surface area contributed by atoms with Crippen molar-refractivity contribution in [3.63, 3.8) is 0 Å². The summed E-state index contributed by atoms with van der Waals surface area (Å²) < 4.78 is 6.52. The summed E-state index contributed by atoms with van der Waals surface area (Å²) in [5, 5.41) is 3.07. The zero-order chi connectivity index (χ0) is 21.3. The highest BCUT2D eigenvalue weighted by atomic mass is 16.5. The van der Waals surface area contributed by atoms with Gasteiger partial charge in [-0.3, -0.25) is 9.59 Å². The normalized spacial score (nSPS) is 21.3. The summed E-state index contributed by atoms with van der Waals surface area (Å²) in [4.78, 5) is 30.5. The number of hydrogen-bond donors (Lipinski definition) is 1. The summed E-state index contributed by atoms with van der Waals surface area (Å²) in [6, 6.07) is 5.24. The van der Waals surface area contributed by atoms with Gasteiger partial charge in [-0.15, -0.1) is 0 Å². The molecule has 0 radical (unpaired) electrons. The van der Waals surface area contributed by atoms with Gasteiger partial charge in [0.05, 0.1) is 12.1 Å². The van der Waals surface area contributed by atoms with Crippen LogP contribution in [0.15, 0.2) is 18.2 Å². The van der Waals surface area contributed by atoms with Gasteiger partial charge in [-0.2, -0.15) is 0 Å². The van der Waals surface area contributed by atoms with Crippen LogP contribution in [0.2, 0.25) is 0 Å². The van der Waals surface area contributed by atoms with Crippen molar-refractivity contribution in [2.75, 3.05) is 26.7 Å². The van der Waals surface area contributed by atoms with E-state index in [1.165, 1.54) is 0 Å². The zero-order valence-corrected chi connectivity index (χ0v) is 18.6. The SMILES string of the molecule is Cc1ccc2c(c1)C(=O)N([C@@H](C)C(=O)N[C@H](C)C(C)C)CC1(CCN(C)CC1)O2. The lowest BCUT2D eigenvalue weighted by Crippen LogP contribution is -2.58. The van der Waals surface area contributed by atoms with Crippen molar-refractivity contribution < 1.29 is 14.3 Å². The second-order valence-corrected chi connectivity index (χ2v) is 9.24. The Hall–Kier alpha value is -2.08. The fourth-order valence-corrected chi connectivity index (χ4v) is 3.95. The van der Waals surface area contributed by atoms with Crippen LogP contribution in [0.4, 0.5) is 0 Å². The smallest absolute Gasteiger partial charge is 0.258 e. The van der Waals surface area contributed by atoms with Crippen LogP contribution in [0.3, 0.4) is 0 Å². The number of nitrogens with zero attached hydrogens (tertiary/aromatic N) is 2. The van der Waals surface area contributed by atoms with E-state index in [1.54, 1.807) is 4.90 Å². The first-order chi connectivity index (χ1) is 13.6. The fraction of sp³-hybridized carbons (Fsp3) is 0.652. The minimum Gasteiger partial charge on any atom is -0.484 e. The lowest BCUT2D eigenvalue weighted by molar-refractivity contribution is -0.127. The number of hydrogen-bond acceptors (Lipinski definition) is 4. The molecular weight excluding hydrogens is 366 g/mol. The van der Waals surface area contributed by atoms with Gasteiger partial charge in [0.2, 0.25) is 5.91 Å². The molecule has 2 aliphatic heterocycles. The first-order valence-electron chi connectivity index (χ1n) is 10.7. The van der Waals surface area contributed by atoms with Gasteiger partial charge in [-0.1, -0.05) is 25.5 Å². The molecule has 29 heavy (non-hydrogen) atoms. The Labute approximate surface area is 174 Å². The van der Waals surface area contributed by atoms with Gasteiger partial charge in [0.25, 0.3) is 5.91 Å². The second kappa shape index (κ2) is 8.34. The largest absolute Gasteiger partial charge is 0.484 e. The lowest BCUT2D eigenvalue weighted by Gasteiger charge is -2.42. The predicted molar refractivity (Wildman–Crippen MR) is 114 cm³/mol. The molecule has 0 bridgehead atoms. The molecular formula is C23H35N3O3. The number of likely N-dealkylation sites (tertiary alicyclic amines) is 1. The highest BCUT2D eigenvalue weighted by Crippen LogP contribution is 2.36. The predicted octanol–water partition coefficient (Wildman–Crippen LogP) is 2.84. The molecule has 1 fully saturated rings. The summed E-state index contributed by atoms with van der Waals surface area (Å²) in [7, 11) is 2.10. The molecule has 0 aromatic heterocycles. The summed E-state index contributed by atoms with van der Waals surface area (Å²) in [5.74, 6) is 0.729. The Balaban J connectivity index is 1.94. The van der Waals surface area contributed by atoms with Crippen LogP contribution in [-0.2, 0) is 4.79 Å². The van der Waals surface area contributed by atoms with E-state index in [-0.39, 0.29) is 17.9 Å². The van der Waals surface area contributed by atoms with Gasteiger partial charge in [0, 0.05) is 32.0 Å². The maximum Gasteiger partial charge on any atom is 0.258 e. The van der Waals surface area contributed by atoms with Crippen LogP contribution >= 0.6 is 0 Å². The monoisotopic (exact) mass is 401 g/mol. The first-order valence-corrected chi connectivity index (χ1v) is 10.7. The topological polar surface area (TPSA) is 61.9 Å². The van der Waals surface area contributed by atoms with Crippen molar-refractivity contribution in [3.05, 3.63) is 29.3 Å². The molecule has 160 valence electrons. The van der Waals surface area contributed by atoms with Gasteiger partial charge in [-0.05, 0) is 45.9 Å². The second-order valence-electron chi connectivity index (χ2n) is 9.24. The number of benzene rings is 1. The Kier molecular flexibility index (Phi) is 6.22. The van der Waals surface area contributed by atoms with Crippen molar-refractivity contribution >= 4 is 11.8 Å². The van der Waals surface area contributed by atoms with Gasteiger partial charge >= 0.3 is 0 Å². The molecule has 2 amide bonds. The average Bonchev–Trinajstić information content (AvgIpc) is 2.79. The third-order valence-electron chi connectivity index (χ3n) is 6.53. The van der Waals surface area contributed by atoms with E-state index in [1.807, 2.05) is 39.0 Å². The van der Waals surface area contributed by atoms with Crippen molar-refractivity contribution in [1.29, 1.82) is 0 Å². The van der Waals surface area contributed by atoms with Gasteiger partial charge < -0.3 is 19.9 Å². The van der Waals surface area contributed by atoms with Crippen LogP contribution < -0.4 is 10.1 Å². The minimum absolute atomic E-state index is 0.0510. The molecule has 3 rings (SSSR count). The van der Waals surface area contributed by atoms with Crippen LogP contribution in [0.25, 0.3) is 0 Å². The van der Waals surface area contributed by atoms with E-state index in [0.717, 1.165) is 31.5 Å². The molecule has 0 unspecified atom stereocenters. The Morgan fingerprint density at radius 1 is 1.17 bits per heavy atom. The summed E-state index contributed by atoms with van der Waals surface area (Å²) in [5.41, 5.74) is 1.10. The van der Waals surface area contributed by atoms with Gasteiger partial charge in [0.1, 0.15) is 17.4 Å². The quantitative estimate of drug-likeness (QED) is 0.843. The summed E-state index contributed by atoms with van der Waals surface area (Å²) >= 11 is 0. The Morgan fingerprint density at radius 2 is 1.83 bits per heavy atom. The van der Waals surface area contributed by atoms with Crippen molar-refractivity contribution in [2.24, 2.45) is 5.92 Å². The highest BCUT2D eigenvalue weighted by Gasteiger charge is 2.44. The van der Waals surface area contributed by atoms with Gasteiger partial charge in [-0.25, -0.2) is 0 Å². The number of aryl methyl sites for hydroxylation is 1. The van der Waals surface area contributed by atoms with Crippen LogP contribution in [0, 0.1) is 12.8 Å². The number of amides is 2. The molecule has 1 N–H and O–H groups in total. The van der Waals surface area contributed by atoms with Crippen molar-refractivity contribution in [3.8, 4) is 5.75 Å². The lowest BCUT2D eigenvalue weighted by atomic mass is 9.90. The van der Waals surface area contributed by atoms with E-state index in [9.17, 15) is 9.59 Å². The van der Waals surface area contributed by atoms with Crippen LogP contribution in [-0.4, -0.2) is 66.0 Å². The maximum atomic E-state index is 13.5. The van der Waals surface area contributed by atoms with Crippen molar-refractivity contribution in [1.82, 2.24) is 15.1 Å². The van der Waals surface area contributed by atoms with E-state index < -0.39 is 11.6 Å². The van der Waals surface area contributed by atoms with Crippen LogP contribution in [0.5, 0.6) is 5.75 Å².